The number of nitrogens with one attached hydrogen (secondary N) is 2. The first-order valence-electron chi connectivity index (χ1n) is 7.92. The van der Waals surface area contributed by atoms with Crippen LogP contribution in [-0.4, -0.2) is 27.9 Å². The number of hydrogen-bond donors (Lipinski definition) is 2. The van der Waals surface area contributed by atoms with E-state index in [9.17, 15) is 9.59 Å². The summed E-state index contributed by atoms with van der Waals surface area (Å²) in [7, 11) is 0. The maximum Gasteiger partial charge on any atom is 0.240 e. The third-order valence-electron chi connectivity index (χ3n) is 3.74. The van der Waals surface area contributed by atoms with Crippen LogP contribution in [0.25, 0.3) is 0 Å². The Balaban J connectivity index is 1.95. The van der Waals surface area contributed by atoms with Crippen LogP contribution in [0.2, 0.25) is 5.02 Å². The Morgan fingerprint density at radius 3 is 2.80 bits per heavy atom. The molecule has 1 atom stereocenters. The molecule has 25 heavy (non-hydrogen) atoms. The van der Waals surface area contributed by atoms with Gasteiger partial charge in [0.15, 0.2) is 5.17 Å². The SMILES string of the molecule is C/C(=N/N=C1\NC(=O)[C@H](CC(=O)Nc2ccc(C)c(Cl)c2)S1)C(C)C. The number of halogens is 1. The van der Waals surface area contributed by atoms with Gasteiger partial charge in [0.05, 0.1) is 0 Å². The molecule has 1 aromatic rings. The number of carbonyl (C=O) groups is 2. The number of benzene rings is 1. The lowest BCUT2D eigenvalue weighted by Crippen LogP contribution is -2.28. The molecule has 0 aromatic heterocycles. The lowest BCUT2D eigenvalue weighted by Gasteiger charge is -2.08. The Morgan fingerprint density at radius 2 is 2.16 bits per heavy atom. The van der Waals surface area contributed by atoms with Crippen molar-refractivity contribution >= 4 is 51.7 Å². The number of thioether (sulfide) groups is 1. The van der Waals surface area contributed by atoms with Crippen LogP contribution in [0.15, 0.2) is 28.4 Å². The molecule has 1 fully saturated rings. The van der Waals surface area contributed by atoms with E-state index in [1.54, 1.807) is 12.1 Å². The van der Waals surface area contributed by atoms with E-state index in [1.807, 2.05) is 33.8 Å². The topological polar surface area (TPSA) is 82.9 Å². The minimum Gasteiger partial charge on any atom is -0.326 e. The summed E-state index contributed by atoms with van der Waals surface area (Å²) in [5, 5.41) is 14.0. The van der Waals surface area contributed by atoms with Gasteiger partial charge in [0, 0.05) is 22.8 Å². The van der Waals surface area contributed by atoms with Crippen LogP contribution >= 0.6 is 23.4 Å². The Hall–Kier alpha value is -1.86. The van der Waals surface area contributed by atoms with Crippen LogP contribution in [0.3, 0.4) is 0 Å². The van der Waals surface area contributed by atoms with Gasteiger partial charge in [-0.15, -0.1) is 5.10 Å². The van der Waals surface area contributed by atoms with Gasteiger partial charge in [-0.3, -0.25) is 9.59 Å². The van der Waals surface area contributed by atoms with Gasteiger partial charge >= 0.3 is 0 Å². The summed E-state index contributed by atoms with van der Waals surface area (Å²) in [6, 6.07) is 5.29. The van der Waals surface area contributed by atoms with Gasteiger partial charge in [-0.2, -0.15) is 5.10 Å². The van der Waals surface area contributed by atoms with Crippen LogP contribution in [-0.2, 0) is 9.59 Å². The van der Waals surface area contributed by atoms with Gasteiger partial charge in [-0.1, -0.05) is 43.3 Å². The average Bonchev–Trinajstić information content (AvgIpc) is 2.88. The molecule has 0 unspecified atom stereocenters. The number of hydrogen-bond acceptors (Lipinski definition) is 5. The lowest BCUT2D eigenvalue weighted by atomic mass is 10.1. The monoisotopic (exact) mass is 380 g/mol. The highest BCUT2D eigenvalue weighted by atomic mass is 35.5. The van der Waals surface area contributed by atoms with Crippen LogP contribution in [0, 0.1) is 12.8 Å². The molecule has 2 amide bonds. The number of aryl methyl sites for hydroxylation is 1. The normalized spacial score (nSPS) is 19.4. The predicted molar refractivity (Wildman–Crippen MR) is 104 cm³/mol. The zero-order valence-electron chi connectivity index (χ0n) is 14.6. The van der Waals surface area contributed by atoms with Crippen molar-refractivity contribution in [3.63, 3.8) is 0 Å². The first-order valence-corrected chi connectivity index (χ1v) is 9.17. The van der Waals surface area contributed by atoms with Crippen molar-refractivity contribution in [2.45, 2.75) is 39.4 Å². The summed E-state index contributed by atoms with van der Waals surface area (Å²) in [4.78, 5) is 24.1. The van der Waals surface area contributed by atoms with Crippen molar-refractivity contribution in [1.82, 2.24) is 5.32 Å². The van der Waals surface area contributed by atoms with Gasteiger partial charge < -0.3 is 10.6 Å². The molecular formula is C17H21ClN4O2S. The van der Waals surface area contributed by atoms with Crippen LogP contribution in [0.4, 0.5) is 5.69 Å². The molecule has 2 rings (SSSR count). The standard InChI is InChI=1S/C17H21ClN4O2S/c1-9(2)11(4)21-22-17-20-16(24)14(25-17)8-15(23)19-12-6-5-10(3)13(18)7-12/h5-7,9,14H,8H2,1-4H3,(H,19,23)(H,20,22,24)/b21-11-/t14-/m0/s1. The molecule has 8 heteroatoms. The quantitative estimate of drug-likeness (QED) is 0.604. The van der Waals surface area contributed by atoms with Crippen LogP contribution < -0.4 is 10.6 Å². The molecule has 0 aliphatic carbocycles. The van der Waals surface area contributed by atoms with Crippen molar-refractivity contribution in [2.24, 2.45) is 16.1 Å². The summed E-state index contributed by atoms with van der Waals surface area (Å²) >= 11 is 7.26. The Labute approximate surface area is 156 Å². The van der Waals surface area contributed by atoms with Crippen molar-refractivity contribution < 1.29 is 9.59 Å². The highest BCUT2D eigenvalue weighted by molar-refractivity contribution is 8.15. The summed E-state index contributed by atoms with van der Waals surface area (Å²) < 4.78 is 0. The second-order valence-electron chi connectivity index (χ2n) is 6.11. The van der Waals surface area contributed by atoms with Crippen molar-refractivity contribution in [3.05, 3.63) is 28.8 Å². The predicted octanol–water partition coefficient (Wildman–Crippen LogP) is 3.60. The molecule has 1 aromatic carbocycles. The lowest BCUT2D eigenvalue weighted by molar-refractivity contribution is -0.122. The minimum absolute atomic E-state index is 0.0495. The molecule has 0 saturated carbocycles. The maximum absolute atomic E-state index is 12.2. The molecule has 1 aliphatic rings. The number of nitrogens with zero attached hydrogens (tertiary/aromatic N) is 2. The number of anilines is 1. The molecule has 1 heterocycles. The van der Waals surface area contributed by atoms with E-state index in [0.29, 0.717) is 15.9 Å². The molecule has 1 aliphatic heterocycles. The van der Waals surface area contributed by atoms with Crippen molar-refractivity contribution in [2.75, 3.05) is 5.32 Å². The third-order valence-corrected chi connectivity index (χ3v) is 5.22. The summed E-state index contributed by atoms with van der Waals surface area (Å²) in [6.07, 6.45) is 0.0495. The van der Waals surface area contributed by atoms with Crippen LogP contribution in [0.1, 0.15) is 32.8 Å². The first-order chi connectivity index (χ1) is 11.8. The van der Waals surface area contributed by atoms with Crippen molar-refractivity contribution in [1.29, 1.82) is 0 Å². The first kappa shape index (κ1) is 19.5. The van der Waals surface area contributed by atoms with E-state index in [0.717, 1.165) is 11.3 Å². The van der Waals surface area contributed by atoms with E-state index >= 15 is 0 Å². The minimum atomic E-state index is -0.519. The molecule has 0 radical (unpaired) electrons. The molecule has 134 valence electrons. The summed E-state index contributed by atoms with van der Waals surface area (Å²) in [5.74, 6) is -0.205. The van der Waals surface area contributed by atoms with Gasteiger partial charge in [0.25, 0.3) is 0 Å². The van der Waals surface area contributed by atoms with E-state index in [1.165, 1.54) is 11.8 Å². The highest BCUT2D eigenvalue weighted by Gasteiger charge is 2.32. The fourth-order valence-electron chi connectivity index (χ4n) is 1.88. The van der Waals surface area contributed by atoms with E-state index < -0.39 is 5.25 Å². The molecule has 1 saturated heterocycles. The largest absolute Gasteiger partial charge is 0.326 e. The highest BCUT2D eigenvalue weighted by Crippen LogP contribution is 2.24. The molecule has 6 nitrogen and oxygen atoms in total. The third kappa shape index (κ3) is 5.57. The fraction of sp³-hybridized carbons (Fsp3) is 0.412. The summed E-state index contributed by atoms with van der Waals surface area (Å²) in [5.41, 5.74) is 2.42. The number of amides is 2. The van der Waals surface area contributed by atoms with Gasteiger partial charge in [-0.05, 0) is 37.5 Å². The fourth-order valence-corrected chi connectivity index (χ4v) is 2.98. The second kappa shape index (κ2) is 8.49. The van der Waals surface area contributed by atoms with E-state index in [2.05, 4.69) is 20.8 Å². The van der Waals surface area contributed by atoms with Gasteiger partial charge in [0.2, 0.25) is 11.8 Å². The van der Waals surface area contributed by atoms with E-state index in [-0.39, 0.29) is 24.2 Å². The molecule has 2 N–H and O–H groups in total. The van der Waals surface area contributed by atoms with Gasteiger partial charge in [-0.25, -0.2) is 0 Å². The number of rotatable bonds is 5. The smallest absolute Gasteiger partial charge is 0.240 e. The number of amidine groups is 1. The van der Waals surface area contributed by atoms with E-state index in [4.69, 9.17) is 11.6 Å². The Kier molecular flexibility index (Phi) is 6.61. The molecule has 0 bridgehead atoms. The van der Waals surface area contributed by atoms with Crippen molar-refractivity contribution in [3.8, 4) is 0 Å². The number of carbonyl (C=O) groups excluding carboxylic acids is 2. The second-order valence-corrected chi connectivity index (χ2v) is 7.71. The van der Waals surface area contributed by atoms with Crippen LogP contribution in [0.5, 0.6) is 0 Å². The average molecular weight is 381 g/mol. The Bertz CT molecular complexity index is 746. The van der Waals surface area contributed by atoms with Gasteiger partial charge in [0.1, 0.15) is 5.25 Å². The zero-order valence-corrected chi connectivity index (χ0v) is 16.2. The maximum atomic E-state index is 12.2. The molecular weight excluding hydrogens is 360 g/mol. The summed E-state index contributed by atoms with van der Waals surface area (Å²) in [6.45, 7) is 7.80. The molecule has 0 spiro atoms. The zero-order chi connectivity index (χ0) is 18.6. The Morgan fingerprint density at radius 1 is 1.44 bits per heavy atom.